The molecule has 98 valence electrons. The fourth-order valence-electron chi connectivity index (χ4n) is 4.11. The monoisotopic (exact) mass is 257 g/mol. The first-order chi connectivity index (χ1) is 9.24. The largest absolute Gasteiger partial charge is 0.462 e. The molecule has 1 aliphatic heterocycles. The van der Waals surface area contributed by atoms with Crippen LogP contribution in [-0.4, -0.2) is 18.0 Å². The van der Waals surface area contributed by atoms with Crippen LogP contribution in [0, 0.1) is 23.7 Å². The molecule has 3 aliphatic rings. The van der Waals surface area contributed by atoms with Crippen molar-refractivity contribution >= 4 is 17.6 Å². The van der Waals surface area contributed by atoms with Gasteiger partial charge in [0.15, 0.2) is 0 Å². The summed E-state index contributed by atoms with van der Waals surface area (Å²) in [7, 11) is 0. The lowest BCUT2D eigenvalue weighted by Gasteiger charge is -2.23. The molecule has 0 radical (unpaired) electrons. The lowest BCUT2D eigenvalue weighted by molar-refractivity contribution is -0.145. The van der Waals surface area contributed by atoms with Gasteiger partial charge in [-0.1, -0.05) is 18.2 Å². The van der Waals surface area contributed by atoms with E-state index in [0.717, 1.165) is 18.5 Å². The van der Waals surface area contributed by atoms with E-state index in [0.29, 0.717) is 5.92 Å². The minimum atomic E-state index is -0.201. The highest BCUT2D eigenvalue weighted by Gasteiger charge is 2.63. The van der Waals surface area contributed by atoms with Crippen LogP contribution in [0.2, 0.25) is 0 Å². The summed E-state index contributed by atoms with van der Waals surface area (Å²) < 4.78 is 5.35. The smallest absolute Gasteiger partial charge is 0.310 e. The van der Waals surface area contributed by atoms with Crippen LogP contribution in [0.1, 0.15) is 12.8 Å². The summed E-state index contributed by atoms with van der Waals surface area (Å²) in [6.07, 6.45) is 1.91. The van der Waals surface area contributed by atoms with Crippen LogP contribution in [0.3, 0.4) is 0 Å². The number of carbonyl (C=O) groups is 2. The van der Waals surface area contributed by atoms with Crippen LogP contribution in [0.4, 0.5) is 5.69 Å². The van der Waals surface area contributed by atoms with Gasteiger partial charge in [0.1, 0.15) is 6.10 Å². The molecule has 0 spiro atoms. The first-order valence-electron chi connectivity index (χ1n) is 6.80. The molecule has 19 heavy (non-hydrogen) atoms. The van der Waals surface area contributed by atoms with Crippen LogP contribution < -0.4 is 5.32 Å². The maximum atomic E-state index is 12.4. The molecule has 1 aromatic carbocycles. The molecule has 4 nitrogen and oxygen atoms in total. The third-order valence-electron chi connectivity index (χ3n) is 4.83. The van der Waals surface area contributed by atoms with E-state index in [2.05, 4.69) is 5.32 Å². The molecule has 1 heterocycles. The van der Waals surface area contributed by atoms with E-state index in [1.807, 2.05) is 30.3 Å². The predicted octanol–water partition coefficient (Wildman–Crippen LogP) is 1.82. The van der Waals surface area contributed by atoms with Crippen LogP contribution in [0.15, 0.2) is 30.3 Å². The second-order valence-electron chi connectivity index (χ2n) is 5.78. The quantitative estimate of drug-likeness (QED) is 0.822. The van der Waals surface area contributed by atoms with Crippen molar-refractivity contribution in [2.24, 2.45) is 23.7 Å². The Bertz CT molecular complexity index is 540. The third-order valence-corrected chi connectivity index (χ3v) is 4.83. The first kappa shape index (κ1) is 11.0. The molecule has 4 heteroatoms. The van der Waals surface area contributed by atoms with E-state index in [9.17, 15) is 9.59 Å². The molecule has 2 saturated carbocycles. The second kappa shape index (κ2) is 3.83. The van der Waals surface area contributed by atoms with Crippen molar-refractivity contribution in [3.8, 4) is 0 Å². The minimum absolute atomic E-state index is 0.0269. The fourth-order valence-corrected chi connectivity index (χ4v) is 4.11. The van der Waals surface area contributed by atoms with Crippen LogP contribution >= 0.6 is 0 Å². The molecular weight excluding hydrogens is 242 g/mol. The Kier molecular flexibility index (Phi) is 2.22. The number of carbonyl (C=O) groups excluding carboxylic acids is 2. The summed E-state index contributed by atoms with van der Waals surface area (Å²) in [6.45, 7) is 0. The molecule has 3 fully saturated rings. The Labute approximate surface area is 111 Å². The van der Waals surface area contributed by atoms with Gasteiger partial charge in [0, 0.05) is 11.6 Å². The van der Waals surface area contributed by atoms with E-state index in [4.69, 9.17) is 4.74 Å². The highest BCUT2D eigenvalue weighted by Crippen LogP contribution is 2.57. The molecular formula is C15H15NO3. The number of hydrogen-bond acceptors (Lipinski definition) is 3. The Hall–Kier alpha value is -1.84. The van der Waals surface area contributed by atoms with Crippen molar-refractivity contribution in [2.75, 3.05) is 5.32 Å². The number of benzene rings is 1. The van der Waals surface area contributed by atoms with Crippen molar-refractivity contribution in [1.29, 1.82) is 0 Å². The molecule has 0 unspecified atom stereocenters. The highest BCUT2D eigenvalue weighted by atomic mass is 16.6. The second-order valence-corrected chi connectivity index (χ2v) is 5.78. The topological polar surface area (TPSA) is 55.4 Å². The maximum absolute atomic E-state index is 12.4. The molecule has 5 atom stereocenters. The van der Waals surface area contributed by atoms with Crippen molar-refractivity contribution in [3.63, 3.8) is 0 Å². The standard InChI is InChI=1S/C15H15NO3/c17-14(16-9-4-2-1-3-5-9)12-8-6-10-11(7-8)19-15(18)13(10)12/h1-5,8,10-13H,6-7H2,(H,16,17)/t8-,10-,11-,12-,13+/m1/s1. The molecule has 1 N–H and O–H groups in total. The zero-order valence-electron chi connectivity index (χ0n) is 10.4. The Morgan fingerprint density at radius 1 is 1.21 bits per heavy atom. The lowest BCUT2D eigenvalue weighted by Crippen LogP contribution is -2.35. The van der Waals surface area contributed by atoms with Crippen molar-refractivity contribution in [1.82, 2.24) is 0 Å². The van der Waals surface area contributed by atoms with Gasteiger partial charge in [-0.15, -0.1) is 0 Å². The number of amides is 1. The van der Waals surface area contributed by atoms with E-state index < -0.39 is 0 Å². The van der Waals surface area contributed by atoms with Gasteiger partial charge in [-0.2, -0.15) is 0 Å². The van der Waals surface area contributed by atoms with Gasteiger partial charge in [-0.05, 0) is 30.9 Å². The fraction of sp³-hybridized carbons (Fsp3) is 0.467. The number of hydrogen-bond donors (Lipinski definition) is 1. The molecule has 2 aliphatic carbocycles. The average molecular weight is 257 g/mol. The van der Waals surface area contributed by atoms with Crippen LogP contribution in [0.25, 0.3) is 0 Å². The Morgan fingerprint density at radius 2 is 2.00 bits per heavy atom. The van der Waals surface area contributed by atoms with Gasteiger partial charge in [-0.3, -0.25) is 9.59 Å². The summed E-state index contributed by atoms with van der Waals surface area (Å²) in [4.78, 5) is 24.3. The van der Waals surface area contributed by atoms with Gasteiger partial charge in [-0.25, -0.2) is 0 Å². The Balaban J connectivity index is 1.57. The highest BCUT2D eigenvalue weighted by molar-refractivity contribution is 5.96. The lowest BCUT2D eigenvalue weighted by atomic mass is 9.79. The average Bonchev–Trinajstić information content (AvgIpc) is 3.00. The molecule has 1 saturated heterocycles. The molecule has 4 rings (SSSR count). The number of esters is 1. The SMILES string of the molecule is O=C(Nc1ccccc1)[C@@H]1[C@@H]2C[C@H]3[C@@H]1C(=O)O[C@@H]3C2. The van der Waals surface area contributed by atoms with Crippen LogP contribution in [-0.2, 0) is 14.3 Å². The van der Waals surface area contributed by atoms with E-state index in [1.165, 1.54) is 0 Å². The number of fused-ring (bicyclic) bond motifs is 1. The zero-order chi connectivity index (χ0) is 13.0. The maximum Gasteiger partial charge on any atom is 0.310 e. The van der Waals surface area contributed by atoms with Gasteiger partial charge in [0.25, 0.3) is 0 Å². The summed E-state index contributed by atoms with van der Waals surface area (Å²) in [5, 5.41) is 2.93. The summed E-state index contributed by atoms with van der Waals surface area (Å²) in [5.74, 6) is 0.00677. The molecule has 1 amide bonds. The van der Waals surface area contributed by atoms with Crippen molar-refractivity contribution in [3.05, 3.63) is 30.3 Å². The molecule has 1 aromatic rings. The number of nitrogens with one attached hydrogen (secondary N) is 1. The first-order valence-corrected chi connectivity index (χ1v) is 6.80. The normalized spacial score (nSPS) is 38.3. The zero-order valence-corrected chi connectivity index (χ0v) is 10.4. The van der Waals surface area contributed by atoms with E-state index >= 15 is 0 Å². The summed E-state index contributed by atoms with van der Waals surface area (Å²) in [5.41, 5.74) is 0.790. The van der Waals surface area contributed by atoms with Crippen LogP contribution in [0.5, 0.6) is 0 Å². The summed E-state index contributed by atoms with van der Waals surface area (Å²) >= 11 is 0. The van der Waals surface area contributed by atoms with Crippen molar-refractivity contribution < 1.29 is 14.3 Å². The molecule has 0 aromatic heterocycles. The number of rotatable bonds is 2. The number of ether oxygens (including phenoxy) is 1. The van der Waals surface area contributed by atoms with Gasteiger partial charge in [0.05, 0.1) is 11.8 Å². The minimum Gasteiger partial charge on any atom is -0.462 e. The summed E-state index contributed by atoms with van der Waals surface area (Å²) in [6, 6.07) is 9.40. The van der Waals surface area contributed by atoms with Gasteiger partial charge < -0.3 is 10.1 Å². The third kappa shape index (κ3) is 1.52. The molecule has 2 bridgehead atoms. The number of anilines is 1. The van der Waals surface area contributed by atoms with E-state index in [1.54, 1.807) is 0 Å². The van der Waals surface area contributed by atoms with Gasteiger partial charge in [0.2, 0.25) is 5.91 Å². The Morgan fingerprint density at radius 3 is 2.79 bits per heavy atom. The number of para-hydroxylation sites is 1. The predicted molar refractivity (Wildman–Crippen MR) is 68.1 cm³/mol. The van der Waals surface area contributed by atoms with E-state index in [-0.39, 0.29) is 35.7 Å². The van der Waals surface area contributed by atoms with Gasteiger partial charge >= 0.3 is 5.97 Å². The van der Waals surface area contributed by atoms with Crippen molar-refractivity contribution in [2.45, 2.75) is 18.9 Å².